The van der Waals surface area contributed by atoms with Gasteiger partial charge in [0.1, 0.15) is 17.4 Å². The van der Waals surface area contributed by atoms with Crippen molar-refractivity contribution in [1.29, 1.82) is 0 Å². The van der Waals surface area contributed by atoms with E-state index in [1.54, 1.807) is 12.3 Å². The number of hydrogen-bond acceptors (Lipinski definition) is 5. The molecule has 1 aliphatic heterocycles. The van der Waals surface area contributed by atoms with Crippen molar-refractivity contribution in [3.05, 3.63) is 88.2 Å². The zero-order valence-electron chi connectivity index (χ0n) is 17.8. The number of rotatable bonds is 6. The van der Waals surface area contributed by atoms with E-state index in [1.807, 2.05) is 12.1 Å². The second-order valence-corrected chi connectivity index (χ2v) is 7.87. The summed E-state index contributed by atoms with van der Waals surface area (Å²) in [4.78, 5) is 29.3. The van der Waals surface area contributed by atoms with Gasteiger partial charge in [0, 0.05) is 30.4 Å². The first-order valence-electron chi connectivity index (χ1n) is 10.5. The summed E-state index contributed by atoms with van der Waals surface area (Å²) < 4.78 is 38.9. The molecule has 176 valence electrons. The van der Waals surface area contributed by atoms with Gasteiger partial charge in [-0.1, -0.05) is 17.7 Å². The molecule has 2 amide bonds. The monoisotopic (exact) mass is 487 g/mol. The highest BCUT2D eigenvalue weighted by molar-refractivity contribution is 6.31. The number of nitrogens with zero attached hydrogens (tertiary/aromatic N) is 1. The van der Waals surface area contributed by atoms with Gasteiger partial charge < -0.3 is 20.1 Å². The number of hydrogen-bond donors (Lipinski definition) is 2. The Bertz CT molecular complexity index is 1210. The summed E-state index contributed by atoms with van der Waals surface area (Å²) in [5.41, 5.74) is 1.15. The maximum Gasteiger partial charge on any atom is 0.407 e. The van der Waals surface area contributed by atoms with Crippen LogP contribution in [-0.4, -0.2) is 30.2 Å². The average Bonchev–Trinajstić information content (AvgIpc) is 2.82. The fraction of sp³-hybridized carbons (Fsp3) is 0.208. The van der Waals surface area contributed by atoms with Crippen molar-refractivity contribution in [2.45, 2.75) is 18.9 Å². The quantitative estimate of drug-likeness (QED) is 0.507. The molecule has 7 nitrogen and oxygen atoms in total. The van der Waals surface area contributed by atoms with Crippen LogP contribution in [0.2, 0.25) is 5.02 Å². The molecule has 0 aliphatic carbocycles. The van der Waals surface area contributed by atoms with E-state index in [2.05, 4.69) is 15.6 Å². The lowest BCUT2D eigenvalue weighted by Crippen LogP contribution is -2.34. The number of pyridine rings is 1. The Morgan fingerprint density at radius 2 is 1.97 bits per heavy atom. The summed E-state index contributed by atoms with van der Waals surface area (Å²) in [5.74, 6) is -1.83. The van der Waals surface area contributed by atoms with Gasteiger partial charge in [0.2, 0.25) is 0 Å². The molecule has 4 rings (SSSR count). The molecular weight excluding hydrogens is 468 g/mol. The molecule has 0 saturated carbocycles. The van der Waals surface area contributed by atoms with Crippen LogP contribution < -0.4 is 15.4 Å². The first-order chi connectivity index (χ1) is 16.4. The van der Waals surface area contributed by atoms with Crippen molar-refractivity contribution < 1.29 is 27.8 Å². The number of nitrogens with one attached hydrogen (secondary N) is 2. The second kappa shape index (κ2) is 10.5. The number of alkyl carbamates (subject to hydrolysis) is 1. The summed E-state index contributed by atoms with van der Waals surface area (Å²) in [6.07, 6.45) is 1.65. The minimum Gasteiger partial charge on any atom is -0.492 e. The zero-order valence-corrected chi connectivity index (χ0v) is 18.6. The van der Waals surface area contributed by atoms with Crippen LogP contribution >= 0.6 is 11.6 Å². The lowest BCUT2D eigenvalue weighted by atomic mass is 9.96. The highest BCUT2D eigenvalue weighted by Gasteiger charge is 2.31. The Balaban J connectivity index is 1.46. The molecule has 2 heterocycles. The smallest absolute Gasteiger partial charge is 0.407 e. The first kappa shape index (κ1) is 23.4. The second-order valence-electron chi connectivity index (χ2n) is 7.46. The maximum absolute atomic E-state index is 14.7. The number of halogens is 3. The summed E-state index contributed by atoms with van der Waals surface area (Å²) in [6, 6.07) is 10.8. The topological polar surface area (TPSA) is 89.5 Å². The molecule has 0 bridgehead atoms. The van der Waals surface area contributed by atoms with Gasteiger partial charge in [-0.2, -0.15) is 0 Å². The predicted octanol–water partition coefficient (Wildman–Crippen LogP) is 5.06. The number of aromatic nitrogens is 1. The highest BCUT2D eigenvalue weighted by Crippen LogP contribution is 2.37. The number of anilines is 1. The molecule has 0 spiro atoms. The molecule has 0 fully saturated rings. The molecular formula is C24H20ClF2N3O4. The van der Waals surface area contributed by atoms with Crippen LogP contribution in [0.15, 0.2) is 54.7 Å². The van der Waals surface area contributed by atoms with Crippen molar-refractivity contribution >= 4 is 29.3 Å². The molecule has 1 atom stereocenters. The predicted molar refractivity (Wildman–Crippen MR) is 121 cm³/mol. The number of fused-ring (bicyclic) bond motifs is 1. The van der Waals surface area contributed by atoms with E-state index in [-0.39, 0.29) is 47.2 Å². The summed E-state index contributed by atoms with van der Waals surface area (Å²) in [7, 11) is 0. The molecule has 10 heteroatoms. The van der Waals surface area contributed by atoms with E-state index in [4.69, 9.17) is 21.1 Å². The van der Waals surface area contributed by atoms with Gasteiger partial charge in [-0.3, -0.25) is 9.78 Å². The Morgan fingerprint density at radius 3 is 2.74 bits per heavy atom. The van der Waals surface area contributed by atoms with E-state index in [0.717, 1.165) is 17.8 Å². The molecule has 1 aliphatic rings. The molecule has 3 aromatic rings. The highest BCUT2D eigenvalue weighted by atomic mass is 35.5. The molecule has 1 aromatic heterocycles. The standard InChI is InChI=1S/C24H20ClF2N3O4/c25-17-13-15(4-6-18(17)26)29-23(31)16-5-7-19(27)21-20(9-12-33-22(16)21)30-24(32)34-11-8-14-3-1-2-10-28-14/h1-7,10,13,20H,8-9,11-12H2,(H,29,31)(H,30,32)/t20-/m0/s1. The SMILES string of the molecule is O=C(N[C@H]1CCOc2c(C(=O)Nc3ccc(F)c(Cl)c3)ccc(F)c21)OCCc1ccccn1. The Labute approximate surface area is 199 Å². The number of carbonyl (C=O) groups excluding carboxylic acids is 2. The van der Waals surface area contributed by atoms with Crippen molar-refractivity contribution in [1.82, 2.24) is 10.3 Å². The number of ether oxygens (including phenoxy) is 2. The number of amides is 2. The fourth-order valence-corrected chi connectivity index (χ4v) is 3.73. The van der Waals surface area contributed by atoms with Crippen LogP contribution in [0.3, 0.4) is 0 Å². The van der Waals surface area contributed by atoms with Gasteiger partial charge in [-0.25, -0.2) is 13.6 Å². The largest absolute Gasteiger partial charge is 0.492 e. The zero-order chi connectivity index (χ0) is 24.1. The molecule has 0 saturated heterocycles. The van der Waals surface area contributed by atoms with Gasteiger partial charge in [0.25, 0.3) is 5.91 Å². The van der Waals surface area contributed by atoms with E-state index < -0.39 is 29.7 Å². The van der Waals surface area contributed by atoms with Crippen LogP contribution in [0.4, 0.5) is 19.3 Å². The third kappa shape index (κ3) is 5.43. The Hall–Kier alpha value is -3.72. The van der Waals surface area contributed by atoms with Crippen LogP contribution in [-0.2, 0) is 11.2 Å². The normalized spacial score (nSPS) is 14.5. The van der Waals surface area contributed by atoms with E-state index >= 15 is 0 Å². The fourth-order valence-electron chi connectivity index (χ4n) is 3.55. The van der Waals surface area contributed by atoms with Crippen LogP contribution in [0, 0.1) is 11.6 Å². The third-order valence-corrected chi connectivity index (χ3v) is 5.47. The van der Waals surface area contributed by atoms with Crippen molar-refractivity contribution in [3.63, 3.8) is 0 Å². The van der Waals surface area contributed by atoms with Gasteiger partial charge >= 0.3 is 6.09 Å². The lowest BCUT2D eigenvalue weighted by Gasteiger charge is -2.28. The van der Waals surface area contributed by atoms with E-state index in [0.29, 0.717) is 6.42 Å². The van der Waals surface area contributed by atoms with Crippen LogP contribution in [0.25, 0.3) is 0 Å². The maximum atomic E-state index is 14.7. The summed E-state index contributed by atoms with van der Waals surface area (Å²) in [5, 5.41) is 5.07. The van der Waals surface area contributed by atoms with Crippen molar-refractivity contribution in [2.24, 2.45) is 0 Å². The van der Waals surface area contributed by atoms with Crippen LogP contribution in [0.1, 0.15) is 34.1 Å². The molecule has 0 radical (unpaired) electrons. The van der Waals surface area contributed by atoms with Crippen LogP contribution in [0.5, 0.6) is 5.75 Å². The van der Waals surface area contributed by atoms with Gasteiger partial charge in [0.05, 0.1) is 35.4 Å². The Kier molecular flexibility index (Phi) is 7.22. The minimum atomic E-state index is -0.751. The lowest BCUT2D eigenvalue weighted by molar-refractivity contribution is 0.102. The first-order valence-corrected chi connectivity index (χ1v) is 10.8. The van der Waals surface area contributed by atoms with E-state index in [1.165, 1.54) is 18.2 Å². The van der Waals surface area contributed by atoms with E-state index in [9.17, 15) is 18.4 Å². The Morgan fingerprint density at radius 1 is 1.15 bits per heavy atom. The molecule has 34 heavy (non-hydrogen) atoms. The van der Waals surface area contributed by atoms with Gasteiger partial charge in [0.15, 0.2) is 0 Å². The van der Waals surface area contributed by atoms with Gasteiger partial charge in [-0.05, 0) is 42.5 Å². The number of carbonyl (C=O) groups is 2. The summed E-state index contributed by atoms with van der Waals surface area (Å²) >= 11 is 5.76. The molecule has 2 N–H and O–H groups in total. The van der Waals surface area contributed by atoms with Gasteiger partial charge in [-0.15, -0.1) is 0 Å². The summed E-state index contributed by atoms with van der Waals surface area (Å²) in [6.45, 7) is 0.252. The third-order valence-electron chi connectivity index (χ3n) is 5.18. The minimum absolute atomic E-state index is 0.0238. The molecule has 0 unspecified atom stereocenters. The number of benzene rings is 2. The average molecular weight is 488 g/mol. The molecule has 2 aromatic carbocycles. The van der Waals surface area contributed by atoms with Crippen molar-refractivity contribution in [2.75, 3.05) is 18.5 Å². The van der Waals surface area contributed by atoms with Crippen molar-refractivity contribution in [3.8, 4) is 5.75 Å².